The highest BCUT2D eigenvalue weighted by Gasteiger charge is 2.29. The van der Waals surface area contributed by atoms with Crippen LogP contribution < -0.4 is 5.32 Å². The van der Waals surface area contributed by atoms with Gasteiger partial charge >= 0.3 is 5.97 Å². The Balaban J connectivity index is 2.04. The zero-order chi connectivity index (χ0) is 16.8. The van der Waals surface area contributed by atoms with E-state index in [1.165, 1.54) is 19.2 Å². The van der Waals surface area contributed by atoms with E-state index in [1.54, 1.807) is 12.1 Å². The van der Waals surface area contributed by atoms with Crippen molar-refractivity contribution in [2.75, 3.05) is 13.7 Å². The lowest BCUT2D eigenvalue weighted by Gasteiger charge is -2.18. The van der Waals surface area contributed by atoms with E-state index in [0.717, 1.165) is 6.42 Å². The van der Waals surface area contributed by atoms with Gasteiger partial charge in [-0.1, -0.05) is 12.1 Å². The number of ether oxygens (including phenoxy) is 2. The number of nitrogens with one attached hydrogen (secondary N) is 1. The van der Waals surface area contributed by atoms with Crippen LogP contribution in [0.15, 0.2) is 24.3 Å². The molecule has 1 amide bonds. The number of amides is 1. The van der Waals surface area contributed by atoms with Crippen LogP contribution in [-0.2, 0) is 25.5 Å². The maximum Gasteiger partial charge on any atom is 0.328 e. The first kappa shape index (κ1) is 16.9. The molecule has 1 aliphatic heterocycles. The van der Waals surface area contributed by atoms with Crippen LogP contribution in [-0.4, -0.2) is 42.7 Å². The summed E-state index contributed by atoms with van der Waals surface area (Å²) in [5.41, 5.74) is 0.644. The van der Waals surface area contributed by atoms with Gasteiger partial charge in [0.1, 0.15) is 12.1 Å². The van der Waals surface area contributed by atoms with Crippen molar-refractivity contribution in [1.82, 2.24) is 5.32 Å². The molecule has 1 heterocycles. The van der Waals surface area contributed by atoms with E-state index >= 15 is 0 Å². The Morgan fingerprint density at radius 1 is 1.43 bits per heavy atom. The van der Waals surface area contributed by atoms with Crippen LogP contribution in [0.4, 0.5) is 5.69 Å². The topological polar surface area (TPSA) is 108 Å². The van der Waals surface area contributed by atoms with E-state index in [1.807, 2.05) is 0 Å². The molecule has 0 radical (unpaired) electrons. The molecule has 0 aromatic heterocycles. The summed E-state index contributed by atoms with van der Waals surface area (Å²) in [4.78, 5) is 34.1. The Kier molecular flexibility index (Phi) is 5.64. The quantitative estimate of drug-likeness (QED) is 0.475. The Morgan fingerprint density at radius 2 is 2.13 bits per heavy atom. The summed E-state index contributed by atoms with van der Waals surface area (Å²) in [6.45, 7) is 0.531. The normalized spacial score (nSPS) is 18.2. The number of methoxy groups -OCH3 is 1. The van der Waals surface area contributed by atoms with Gasteiger partial charge in [-0.15, -0.1) is 0 Å². The molecule has 2 atom stereocenters. The molecule has 1 N–H and O–H groups in total. The fraction of sp³-hybridized carbons (Fsp3) is 0.467. The minimum atomic E-state index is -0.863. The molecule has 8 heteroatoms. The number of non-ortho nitro benzene ring substituents is 1. The molecule has 0 saturated carbocycles. The number of hydrogen-bond acceptors (Lipinski definition) is 6. The van der Waals surface area contributed by atoms with Crippen molar-refractivity contribution >= 4 is 17.6 Å². The third kappa shape index (κ3) is 4.49. The minimum Gasteiger partial charge on any atom is -0.467 e. The average Bonchev–Trinajstić information content (AvgIpc) is 3.08. The molecule has 0 bridgehead atoms. The second kappa shape index (κ2) is 7.68. The second-order valence-electron chi connectivity index (χ2n) is 5.21. The largest absolute Gasteiger partial charge is 0.467 e. The van der Waals surface area contributed by atoms with E-state index in [2.05, 4.69) is 5.32 Å². The van der Waals surface area contributed by atoms with Gasteiger partial charge in [0.15, 0.2) is 0 Å². The van der Waals surface area contributed by atoms with Crippen molar-refractivity contribution in [3.8, 4) is 0 Å². The highest BCUT2D eigenvalue weighted by molar-refractivity contribution is 5.87. The van der Waals surface area contributed by atoms with Crippen molar-refractivity contribution in [2.24, 2.45) is 0 Å². The van der Waals surface area contributed by atoms with Crippen LogP contribution >= 0.6 is 0 Å². The van der Waals surface area contributed by atoms with Crippen LogP contribution in [0.1, 0.15) is 18.4 Å². The van der Waals surface area contributed by atoms with Gasteiger partial charge in [0.05, 0.1) is 12.0 Å². The number of nitrogens with zero attached hydrogens (tertiary/aromatic N) is 1. The third-order valence-electron chi connectivity index (χ3n) is 3.61. The summed E-state index contributed by atoms with van der Waals surface area (Å²) in [6, 6.07) is 4.94. The van der Waals surface area contributed by atoms with E-state index in [-0.39, 0.29) is 18.0 Å². The molecule has 0 unspecified atom stereocenters. The average molecular weight is 322 g/mol. The fourth-order valence-electron chi connectivity index (χ4n) is 2.37. The first-order valence-corrected chi connectivity index (χ1v) is 7.24. The number of rotatable bonds is 6. The van der Waals surface area contributed by atoms with Crippen molar-refractivity contribution in [2.45, 2.75) is 31.4 Å². The van der Waals surface area contributed by atoms with Crippen molar-refractivity contribution in [3.63, 3.8) is 0 Å². The van der Waals surface area contributed by atoms with E-state index in [0.29, 0.717) is 18.6 Å². The molecule has 0 spiro atoms. The molecular weight excluding hydrogens is 304 g/mol. The zero-order valence-electron chi connectivity index (χ0n) is 12.7. The molecule has 1 aromatic rings. The highest BCUT2D eigenvalue weighted by atomic mass is 16.6. The lowest BCUT2D eigenvalue weighted by atomic mass is 10.0. The lowest BCUT2D eigenvalue weighted by Crippen LogP contribution is -2.47. The Morgan fingerprint density at radius 3 is 2.65 bits per heavy atom. The van der Waals surface area contributed by atoms with Crippen LogP contribution in [0.2, 0.25) is 0 Å². The SMILES string of the molecule is COC(=O)[C@@H](Cc1ccc([N+](=O)[O-])cc1)NC(=O)[C@H]1CCCO1. The second-order valence-corrected chi connectivity index (χ2v) is 5.21. The number of benzene rings is 1. The summed E-state index contributed by atoms with van der Waals surface area (Å²) in [6.07, 6.45) is 1.07. The van der Waals surface area contributed by atoms with Gasteiger partial charge in [0.25, 0.3) is 5.69 Å². The number of nitro benzene ring substituents is 1. The van der Waals surface area contributed by atoms with Gasteiger partial charge in [0.2, 0.25) is 5.91 Å². The van der Waals surface area contributed by atoms with Crippen LogP contribution in [0, 0.1) is 10.1 Å². The van der Waals surface area contributed by atoms with Gasteiger partial charge in [-0.2, -0.15) is 0 Å². The predicted octanol–water partition coefficient (Wildman–Crippen LogP) is 0.974. The molecule has 124 valence electrons. The standard InChI is InChI=1S/C15H18N2O6/c1-22-15(19)12(16-14(18)13-3-2-8-23-13)9-10-4-6-11(7-5-10)17(20)21/h4-7,12-13H,2-3,8-9H2,1H3,(H,16,18)/t12-,13-/m1/s1. The zero-order valence-corrected chi connectivity index (χ0v) is 12.7. The summed E-state index contributed by atoms with van der Waals surface area (Å²) >= 11 is 0. The van der Waals surface area contributed by atoms with Crippen LogP contribution in [0.3, 0.4) is 0 Å². The Labute approximate surface area is 132 Å². The summed E-state index contributed by atoms with van der Waals surface area (Å²) in [5, 5.41) is 13.3. The smallest absolute Gasteiger partial charge is 0.328 e. The van der Waals surface area contributed by atoms with Gasteiger partial charge in [-0.25, -0.2) is 4.79 Å². The number of nitro groups is 1. The maximum atomic E-state index is 12.1. The summed E-state index contributed by atoms with van der Waals surface area (Å²) < 4.78 is 9.99. The van der Waals surface area contributed by atoms with Crippen LogP contribution in [0.25, 0.3) is 0 Å². The predicted molar refractivity (Wildman–Crippen MR) is 79.7 cm³/mol. The van der Waals surface area contributed by atoms with E-state index in [9.17, 15) is 19.7 Å². The number of esters is 1. The monoisotopic (exact) mass is 322 g/mol. The van der Waals surface area contributed by atoms with Crippen molar-refractivity contribution in [1.29, 1.82) is 0 Å². The molecule has 23 heavy (non-hydrogen) atoms. The molecule has 1 saturated heterocycles. The fourth-order valence-corrected chi connectivity index (χ4v) is 2.37. The number of hydrogen-bond donors (Lipinski definition) is 1. The van der Waals surface area contributed by atoms with Crippen molar-refractivity contribution < 1.29 is 24.0 Å². The highest BCUT2D eigenvalue weighted by Crippen LogP contribution is 2.15. The molecule has 0 aliphatic carbocycles. The Hall–Kier alpha value is -2.48. The number of carbonyl (C=O) groups excluding carboxylic acids is 2. The Bertz CT molecular complexity index is 580. The van der Waals surface area contributed by atoms with Crippen molar-refractivity contribution in [3.05, 3.63) is 39.9 Å². The molecule has 2 rings (SSSR count). The van der Waals surface area contributed by atoms with E-state index < -0.39 is 23.0 Å². The lowest BCUT2D eigenvalue weighted by molar-refractivity contribution is -0.384. The molecular formula is C15H18N2O6. The molecule has 1 fully saturated rings. The minimum absolute atomic E-state index is 0.0354. The van der Waals surface area contributed by atoms with Gasteiger partial charge < -0.3 is 14.8 Å². The summed E-state index contributed by atoms with van der Waals surface area (Å²) in [7, 11) is 1.24. The first-order chi connectivity index (χ1) is 11.0. The number of carbonyl (C=O) groups is 2. The molecule has 1 aromatic carbocycles. The third-order valence-corrected chi connectivity index (χ3v) is 3.61. The van der Waals surface area contributed by atoms with Gasteiger partial charge in [-0.05, 0) is 18.4 Å². The summed E-state index contributed by atoms with van der Waals surface area (Å²) in [5.74, 6) is -0.922. The molecule has 8 nitrogen and oxygen atoms in total. The molecule has 1 aliphatic rings. The van der Waals surface area contributed by atoms with E-state index in [4.69, 9.17) is 9.47 Å². The van der Waals surface area contributed by atoms with Gasteiger partial charge in [-0.3, -0.25) is 14.9 Å². The van der Waals surface area contributed by atoms with Gasteiger partial charge in [0, 0.05) is 25.2 Å². The maximum absolute atomic E-state index is 12.1. The van der Waals surface area contributed by atoms with Crippen LogP contribution in [0.5, 0.6) is 0 Å². The first-order valence-electron chi connectivity index (χ1n) is 7.24.